The molecule has 3 nitrogen and oxygen atoms in total. The zero-order chi connectivity index (χ0) is 14.8. The molecule has 9 heteroatoms. The maximum atomic E-state index is 13.3. The van der Waals surface area contributed by atoms with Gasteiger partial charge in [-0.05, 0) is 12.1 Å². The van der Waals surface area contributed by atoms with Crippen molar-refractivity contribution >= 4 is 21.8 Å². The second-order valence-corrected chi connectivity index (χ2v) is 4.43. The molecule has 0 saturated heterocycles. The zero-order valence-electron chi connectivity index (χ0n) is 9.06. The van der Waals surface area contributed by atoms with E-state index in [1.165, 1.54) is 0 Å². The number of benzene rings is 1. The minimum atomic E-state index is -4.93. The van der Waals surface area contributed by atoms with Crippen LogP contribution < -0.4 is 5.32 Å². The van der Waals surface area contributed by atoms with Gasteiger partial charge in [0.1, 0.15) is 17.2 Å². The molecule has 0 aliphatic heterocycles. The number of hydrogen-bond donors (Lipinski definition) is 2. The smallest absolute Gasteiger partial charge is 0.382 e. The first-order valence-corrected chi connectivity index (χ1v) is 5.59. The topological polar surface area (TPSA) is 49.3 Å². The van der Waals surface area contributed by atoms with E-state index in [0.717, 1.165) is 12.1 Å². The molecule has 1 unspecified atom stereocenters. The number of amides is 1. The average Bonchev–Trinajstić information content (AvgIpc) is 2.22. The molecule has 1 aromatic carbocycles. The molecule has 0 aromatic heterocycles. The Morgan fingerprint density at radius 3 is 2.21 bits per heavy atom. The Morgan fingerprint density at radius 2 is 1.79 bits per heavy atom. The van der Waals surface area contributed by atoms with Gasteiger partial charge < -0.3 is 10.4 Å². The van der Waals surface area contributed by atoms with Crippen LogP contribution in [0.4, 0.5) is 22.0 Å². The number of alkyl halides is 3. The van der Waals surface area contributed by atoms with Gasteiger partial charge in [-0.25, -0.2) is 8.78 Å². The molecule has 1 amide bonds. The summed E-state index contributed by atoms with van der Waals surface area (Å²) >= 11 is 2.78. The number of aliphatic hydroxyl groups excluding tert-OH is 1. The minimum absolute atomic E-state index is 0.0365. The lowest BCUT2D eigenvalue weighted by molar-refractivity contribution is -0.201. The van der Waals surface area contributed by atoms with Crippen molar-refractivity contribution in [3.05, 3.63) is 33.8 Å². The maximum Gasteiger partial charge on any atom is 0.416 e. The number of halogens is 6. The van der Waals surface area contributed by atoms with Crippen LogP contribution in [-0.2, 0) is 0 Å². The fourth-order valence-corrected chi connectivity index (χ4v) is 1.55. The first kappa shape index (κ1) is 15.8. The third kappa shape index (κ3) is 4.13. The first-order chi connectivity index (χ1) is 8.62. The van der Waals surface area contributed by atoms with Crippen LogP contribution in [0, 0.1) is 11.6 Å². The summed E-state index contributed by atoms with van der Waals surface area (Å²) in [6, 6.07) is 1.58. The van der Waals surface area contributed by atoms with Gasteiger partial charge in [-0.3, -0.25) is 4.79 Å². The molecule has 0 radical (unpaired) electrons. The molecule has 1 rings (SSSR count). The highest BCUT2D eigenvalue weighted by Gasteiger charge is 2.38. The molecule has 0 aliphatic rings. The molecule has 1 atom stereocenters. The number of aliphatic hydroxyl groups is 1. The van der Waals surface area contributed by atoms with Gasteiger partial charge in [-0.15, -0.1) is 0 Å². The quantitative estimate of drug-likeness (QED) is 0.825. The van der Waals surface area contributed by atoms with Gasteiger partial charge in [0.2, 0.25) is 0 Å². The molecule has 0 fully saturated rings. The molecule has 0 heterocycles. The van der Waals surface area contributed by atoms with Gasteiger partial charge in [0.05, 0.1) is 6.54 Å². The van der Waals surface area contributed by atoms with Crippen LogP contribution in [0.15, 0.2) is 16.6 Å². The van der Waals surface area contributed by atoms with E-state index in [-0.39, 0.29) is 4.47 Å². The second kappa shape index (κ2) is 5.83. The van der Waals surface area contributed by atoms with Gasteiger partial charge in [0.25, 0.3) is 5.91 Å². The molecule has 0 aliphatic carbocycles. The molecule has 106 valence electrons. The third-order valence-corrected chi connectivity index (χ3v) is 2.53. The number of carbonyl (C=O) groups excluding carboxylic acids is 1. The van der Waals surface area contributed by atoms with Crippen LogP contribution in [0.1, 0.15) is 10.4 Å². The van der Waals surface area contributed by atoms with E-state index < -0.39 is 41.9 Å². The van der Waals surface area contributed by atoms with E-state index in [1.807, 2.05) is 0 Å². The monoisotopic (exact) mass is 347 g/mol. The van der Waals surface area contributed by atoms with E-state index in [9.17, 15) is 26.7 Å². The highest BCUT2D eigenvalue weighted by Crippen LogP contribution is 2.21. The van der Waals surface area contributed by atoms with Gasteiger partial charge in [0, 0.05) is 4.47 Å². The van der Waals surface area contributed by atoms with E-state index in [4.69, 9.17) is 5.11 Å². The second-order valence-electron chi connectivity index (χ2n) is 3.51. The molecule has 0 spiro atoms. The Kier molecular flexibility index (Phi) is 4.86. The molecule has 1 aromatic rings. The Balaban J connectivity index is 2.80. The highest BCUT2D eigenvalue weighted by molar-refractivity contribution is 9.10. The van der Waals surface area contributed by atoms with Crippen molar-refractivity contribution in [3.8, 4) is 0 Å². The van der Waals surface area contributed by atoms with Gasteiger partial charge in [-0.2, -0.15) is 13.2 Å². The highest BCUT2D eigenvalue weighted by atomic mass is 79.9. The molecule has 2 N–H and O–H groups in total. The number of nitrogens with one attached hydrogen (secondary N) is 1. The van der Waals surface area contributed by atoms with E-state index in [1.54, 1.807) is 5.32 Å². The maximum absolute atomic E-state index is 13.3. The first-order valence-electron chi connectivity index (χ1n) is 4.80. The summed E-state index contributed by atoms with van der Waals surface area (Å²) < 4.78 is 62.5. The molecular formula is C10H7BrF5NO2. The lowest BCUT2D eigenvalue weighted by Crippen LogP contribution is -2.41. The normalized spacial score (nSPS) is 13.2. The summed E-state index contributed by atoms with van der Waals surface area (Å²) in [4.78, 5) is 11.3. The molecule has 0 saturated carbocycles. The van der Waals surface area contributed by atoms with Gasteiger partial charge >= 0.3 is 6.18 Å². The standard InChI is InChI=1S/C10H7BrF5NO2/c11-4-1-5(12)8(6(13)2-4)9(19)17-3-7(18)10(14,15)16/h1-2,7,18H,3H2,(H,17,19). The summed E-state index contributed by atoms with van der Waals surface area (Å²) in [6.07, 6.45) is -7.73. The summed E-state index contributed by atoms with van der Waals surface area (Å²) in [7, 11) is 0. The van der Waals surface area contributed by atoms with Crippen molar-refractivity contribution in [2.45, 2.75) is 12.3 Å². The van der Waals surface area contributed by atoms with Crippen LogP contribution in [0.25, 0.3) is 0 Å². The van der Waals surface area contributed by atoms with Gasteiger partial charge in [-0.1, -0.05) is 15.9 Å². The van der Waals surface area contributed by atoms with Gasteiger partial charge in [0.15, 0.2) is 6.10 Å². The van der Waals surface area contributed by atoms with Crippen molar-refractivity contribution in [1.82, 2.24) is 5.32 Å². The van der Waals surface area contributed by atoms with Crippen molar-refractivity contribution < 1.29 is 31.9 Å². The summed E-state index contributed by atoms with van der Waals surface area (Å²) in [6.45, 7) is -1.20. The van der Waals surface area contributed by atoms with Crippen molar-refractivity contribution in [2.75, 3.05) is 6.54 Å². The van der Waals surface area contributed by atoms with Crippen molar-refractivity contribution in [2.24, 2.45) is 0 Å². The fraction of sp³-hybridized carbons (Fsp3) is 0.300. The van der Waals surface area contributed by atoms with Crippen LogP contribution in [-0.4, -0.2) is 29.8 Å². The summed E-state index contributed by atoms with van der Waals surface area (Å²) in [5.74, 6) is -3.84. The van der Waals surface area contributed by atoms with E-state index in [0.29, 0.717) is 0 Å². The molecular weight excluding hydrogens is 341 g/mol. The lowest BCUT2D eigenvalue weighted by atomic mass is 10.2. The predicted molar refractivity (Wildman–Crippen MR) is 58.5 cm³/mol. The Morgan fingerprint density at radius 1 is 1.32 bits per heavy atom. The molecule has 19 heavy (non-hydrogen) atoms. The van der Waals surface area contributed by atoms with Crippen LogP contribution in [0.5, 0.6) is 0 Å². The Labute approximate surface area is 112 Å². The number of carbonyl (C=O) groups is 1. The van der Waals surface area contributed by atoms with Crippen LogP contribution in [0.2, 0.25) is 0 Å². The number of rotatable bonds is 3. The largest absolute Gasteiger partial charge is 0.416 e. The fourth-order valence-electron chi connectivity index (χ4n) is 1.15. The summed E-state index contributed by atoms with van der Waals surface area (Å²) in [5.41, 5.74) is -1.02. The predicted octanol–water partition coefficient (Wildman–Crippen LogP) is 2.38. The Bertz CT molecular complexity index is 468. The Hall–Kier alpha value is -1.22. The third-order valence-electron chi connectivity index (χ3n) is 2.07. The van der Waals surface area contributed by atoms with Crippen LogP contribution in [0.3, 0.4) is 0 Å². The SMILES string of the molecule is O=C(NCC(O)C(F)(F)F)c1c(F)cc(Br)cc1F. The lowest BCUT2D eigenvalue weighted by Gasteiger charge is -2.15. The minimum Gasteiger partial charge on any atom is -0.382 e. The van der Waals surface area contributed by atoms with Crippen LogP contribution >= 0.6 is 15.9 Å². The van der Waals surface area contributed by atoms with E-state index in [2.05, 4.69) is 15.9 Å². The number of hydrogen-bond acceptors (Lipinski definition) is 2. The average molecular weight is 348 g/mol. The molecule has 0 bridgehead atoms. The zero-order valence-corrected chi connectivity index (χ0v) is 10.6. The van der Waals surface area contributed by atoms with E-state index >= 15 is 0 Å². The summed E-state index contributed by atoms with van der Waals surface area (Å²) in [5, 5.41) is 10.2. The van der Waals surface area contributed by atoms with Crippen molar-refractivity contribution in [1.29, 1.82) is 0 Å². The van der Waals surface area contributed by atoms with Crippen molar-refractivity contribution in [3.63, 3.8) is 0 Å².